The summed E-state index contributed by atoms with van der Waals surface area (Å²) in [5.74, 6) is 0.0493. The van der Waals surface area contributed by atoms with Crippen LogP contribution in [-0.4, -0.2) is 37.1 Å². The van der Waals surface area contributed by atoms with E-state index >= 15 is 0 Å². The molecule has 128 valence electrons. The Bertz CT molecular complexity index is 962. The van der Waals surface area contributed by atoms with Crippen LogP contribution in [0.3, 0.4) is 0 Å². The summed E-state index contributed by atoms with van der Waals surface area (Å²) in [6, 6.07) is 5.70. The standard InChI is InChI=1S/C19H21N5O/c1-12-13(2)22-17-9-14(6-7-16(17)21-12)19(25)24-8-4-5-18(24)15-10-20-23(3)11-15/h6-7,9-11,18H,4-5,8H2,1-3H3/t18-/m1/s1. The molecule has 1 aliphatic heterocycles. The smallest absolute Gasteiger partial charge is 0.254 e. The molecule has 0 saturated carbocycles. The SMILES string of the molecule is Cc1nc2ccc(C(=O)N3CCC[C@@H]3c3cnn(C)c3)cc2nc1C. The van der Waals surface area contributed by atoms with Crippen LogP contribution in [0.15, 0.2) is 30.6 Å². The predicted molar refractivity (Wildman–Crippen MR) is 95.2 cm³/mol. The summed E-state index contributed by atoms with van der Waals surface area (Å²) in [7, 11) is 1.90. The molecule has 3 heterocycles. The van der Waals surface area contributed by atoms with E-state index in [0.717, 1.165) is 47.4 Å². The highest BCUT2D eigenvalue weighted by atomic mass is 16.2. The Balaban J connectivity index is 1.67. The first-order valence-corrected chi connectivity index (χ1v) is 8.57. The molecule has 0 radical (unpaired) electrons. The van der Waals surface area contributed by atoms with Gasteiger partial charge in [0.05, 0.1) is 34.7 Å². The minimum Gasteiger partial charge on any atom is -0.331 e. The van der Waals surface area contributed by atoms with Crippen molar-refractivity contribution in [1.29, 1.82) is 0 Å². The molecule has 3 aromatic rings. The number of aryl methyl sites for hydroxylation is 3. The molecule has 0 aliphatic carbocycles. The van der Waals surface area contributed by atoms with Crippen molar-refractivity contribution in [3.05, 3.63) is 53.1 Å². The summed E-state index contributed by atoms with van der Waals surface area (Å²) in [6.45, 7) is 4.66. The molecule has 1 saturated heterocycles. The van der Waals surface area contributed by atoms with Gasteiger partial charge in [-0.2, -0.15) is 5.10 Å². The second-order valence-electron chi connectivity index (χ2n) is 6.70. The number of nitrogens with zero attached hydrogens (tertiary/aromatic N) is 5. The summed E-state index contributed by atoms with van der Waals surface area (Å²) < 4.78 is 1.78. The van der Waals surface area contributed by atoms with E-state index in [-0.39, 0.29) is 11.9 Å². The van der Waals surface area contributed by atoms with E-state index in [1.165, 1.54) is 0 Å². The molecular weight excluding hydrogens is 314 g/mol. The third-order valence-electron chi connectivity index (χ3n) is 4.95. The quantitative estimate of drug-likeness (QED) is 0.722. The molecule has 25 heavy (non-hydrogen) atoms. The van der Waals surface area contributed by atoms with E-state index in [0.29, 0.717) is 5.56 Å². The van der Waals surface area contributed by atoms with E-state index < -0.39 is 0 Å². The van der Waals surface area contributed by atoms with Gasteiger partial charge in [0.2, 0.25) is 0 Å². The number of amides is 1. The molecule has 4 rings (SSSR count). The minimum atomic E-state index is 0.0493. The zero-order chi connectivity index (χ0) is 17.6. The highest BCUT2D eigenvalue weighted by molar-refractivity contribution is 5.97. The van der Waals surface area contributed by atoms with Gasteiger partial charge in [-0.05, 0) is 44.9 Å². The summed E-state index contributed by atoms with van der Waals surface area (Å²) in [6.07, 6.45) is 5.84. The second-order valence-corrected chi connectivity index (χ2v) is 6.70. The molecule has 0 unspecified atom stereocenters. The van der Waals surface area contributed by atoms with Crippen LogP contribution in [0.5, 0.6) is 0 Å². The third kappa shape index (κ3) is 2.77. The van der Waals surface area contributed by atoms with Crippen molar-refractivity contribution in [3.8, 4) is 0 Å². The fourth-order valence-corrected chi connectivity index (χ4v) is 3.50. The van der Waals surface area contributed by atoms with Crippen LogP contribution in [0.25, 0.3) is 11.0 Å². The molecule has 1 aliphatic rings. The fraction of sp³-hybridized carbons (Fsp3) is 0.368. The average Bonchev–Trinajstić information content (AvgIpc) is 3.23. The maximum Gasteiger partial charge on any atom is 0.254 e. The first-order chi connectivity index (χ1) is 12.0. The lowest BCUT2D eigenvalue weighted by Gasteiger charge is -2.24. The Hall–Kier alpha value is -2.76. The molecule has 0 spiro atoms. The van der Waals surface area contributed by atoms with Crippen molar-refractivity contribution in [2.75, 3.05) is 6.54 Å². The first-order valence-electron chi connectivity index (χ1n) is 8.57. The Morgan fingerprint density at radius 2 is 1.92 bits per heavy atom. The summed E-state index contributed by atoms with van der Waals surface area (Å²) in [5.41, 5.74) is 5.17. The van der Waals surface area contributed by atoms with Crippen LogP contribution >= 0.6 is 0 Å². The van der Waals surface area contributed by atoms with Gasteiger partial charge in [0.1, 0.15) is 0 Å². The van der Waals surface area contributed by atoms with Crippen LogP contribution in [-0.2, 0) is 7.05 Å². The van der Waals surface area contributed by atoms with Gasteiger partial charge in [0, 0.05) is 30.9 Å². The minimum absolute atomic E-state index is 0.0493. The highest BCUT2D eigenvalue weighted by Gasteiger charge is 2.31. The summed E-state index contributed by atoms with van der Waals surface area (Å²) >= 11 is 0. The molecule has 2 aromatic heterocycles. The van der Waals surface area contributed by atoms with Crippen molar-refractivity contribution < 1.29 is 4.79 Å². The third-order valence-corrected chi connectivity index (χ3v) is 4.95. The lowest BCUT2D eigenvalue weighted by molar-refractivity contribution is 0.0736. The molecule has 1 atom stereocenters. The van der Waals surface area contributed by atoms with Gasteiger partial charge < -0.3 is 4.90 Å². The van der Waals surface area contributed by atoms with Crippen LogP contribution in [0.2, 0.25) is 0 Å². The van der Waals surface area contributed by atoms with Gasteiger partial charge in [0.25, 0.3) is 5.91 Å². The molecule has 1 amide bonds. The molecular formula is C19H21N5O. The van der Waals surface area contributed by atoms with Gasteiger partial charge in [-0.15, -0.1) is 0 Å². The number of hydrogen-bond acceptors (Lipinski definition) is 4. The van der Waals surface area contributed by atoms with Crippen LogP contribution in [0.4, 0.5) is 0 Å². The van der Waals surface area contributed by atoms with Gasteiger partial charge >= 0.3 is 0 Å². The Morgan fingerprint density at radius 3 is 2.64 bits per heavy atom. The molecule has 0 bridgehead atoms. The van der Waals surface area contributed by atoms with Gasteiger partial charge in [-0.1, -0.05) is 0 Å². The van der Waals surface area contributed by atoms with Crippen molar-refractivity contribution in [2.24, 2.45) is 7.05 Å². The number of carbonyl (C=O) groups excluding carboxylic acids is 1. The second kappa shape index (κ2) is 5.95. The lowest BCUT2D eigenvalue weighted by atomic mass is 10.1. The van der Waals surface area contributed by atoms with Gasteiger partial charge in [0.15, 0.2) is 0 Å². The first kappa shape index (κ1) is 15.7. The number of benzene rings is 1. The van der Waals surface area contributed by atoms with E-state index in [9.17, 15) is 4.79 Å². The molecule has 6 nitrogen and oxygen atoms in total. The van der Waals surface area contributed by atoms with Crippen molar-refractivity contribution in [1.82, 2.24) is 24.6 Å². The Labute approximate surface area is 146 Å². The van der Waals surface area contributed by atoms with Gasteiger partial charge in [-0.3, -0.25) is 9.48 Å². The number of hydrogen-bond donors (Lipinski definition) is 0. The Kier molecular flexibility index (Phi) is 3.75. The van der Waals surface area contributed by atoms with E-state index in [1.807, 2.05) is 56.4 Å². The van der Waals surface area contributed by atoms with Crippen LogP contribution in [0.1, 0.15) is 46.2 Å². The average molecular weight is 335 g/mol. The van der Waals surface area contributed by atoms with Crippen LogP contribution in [0, 0.1) is 13.8 Å². The number of aromatic nitrogens is 4. The largest absolute Gasteiger partial charge is 0.331 e. The topological polar surface area (TPSA) is 63.9 Å². The lowest BCUT2D eigenvalue weighted by Crippen LogP contribution is -2.30. The van der Waals surface area contributed by atoms with Crippen molar-refractivity contribution >= 4 is 16.9 Å². The van der Waals surface area contributed by atoms with Crippen molar-refractivity contribution in [3.63, 3.8) is 0 Å². The van der Waals surface area contributed by atoms with Crippen molar-refractivity contribution in [2.45, 2.75) is 32.7 Å². The number of likely N-dealkylation sites (tertiary alicyclic amines) is 1. The zero-order valence-electron chi connectivity index (χ0n) is 14.7. The fourth-order valence-electron chi connectivity index (χ4n) is 3.50. The molecule has 1 fully saturated rings. The number of fused-ring (bicyclic) bond motifs is 1. The molecule has 0 N–H and O–H groups in total. The molecule has 6 heteroatoms. The van der Waals surface area contributed by atoms with Gasteiger partial charge in [-0.25, -0.2) is 9.97 Å². The monoisotopic (exact) mass is 335 g/mol. The normalized spacial score (nSPS) is 17.4. The van der Waals surface area contributed by atoms with E-state index in [4.69, 9.17) is 0 Å². The highest BCUT2D eigenvalue weighted by Crippen LogP contribution is 2.33. The summed E-state index contributed by atoms with van der Waals surface area (Å²) in [5, 5.41) is 4.25. The molecule has 1 aromatic carbocycles. The maximum absolute atomic E-state index is 13.1. The van der Waals surface area contributed by atoms with E-state index in [2.05, 4.69) is 15.1 Å². The van der Waals surface area contributed by atoms with E-state index in [1.54, 1.807) is 4.68 Å². The maximum atomic E-state index is 13.1. The predicted octanol–water partition coefficient (Wildman–Crippen LogP) is 2.96. The Morgan fingerprint density at radius 1 is 1.16 bits per heavy atom. The number of rotatable bonds is 2. The zero-order valence-corrected chi connectivity index (χ0v) is 14.7. The summed E-state index contributed by atoms with van der Waals surface area (Å²) in [4.78, 5) is 24.2. The number of carbonyl (C=O) groups is 1. The van der Waals surface area contributed by atoms with Crippen LogP contribution < -0.4 is 0 Å².